The van der Waals surface area contributed by atoms with Crippen molar-refractivity contribution in [1.29, 1.82) is 0 Å². The van der Waals surface area contributed by atoms with Crippen molar-refractivity contribution in [1.82, 2.24) is 10.2 Å². The molecule has 1 aromatic carbocycles. The van der Waals surface area contributed by atoms with E-state index in [0.29, 0.717) is 28.4 Å². The number of hydrogen-bond donors (Lipinski definition) is 1. The van der Waals surface area contributed by atoms with Crippen molar-refractivity contribution in [3.63, 3.8) is 0 Å². The second kappa shape index (κ2) is 8.37. The van der Waals surface area contributed by atoms with Gasteiger partial charge < -0.3 is 9.47 Å². The number of methoxy groups -OCH3 is 1. The lowest BCUT2D eigenvalue weighted by atomic mass is 10.0. The number of nitrogens with zero attached hydrogens (tertiary/aromatic N) is 2. The SMILES string of the molecule is COCc1nnc(NC(=O)COc2ccc(Br)cc2C(C)C)s1. The number of carbonyl (C=O) groups is 1. The summed E-state index contributed by atoms with van der Waals surface area (Å²) in [7, 11) is 1.58. The van der Waals surface area contributed by atoms with Crippen molar-refractivity contribution in [3.05, 3.63) is 33.2 Å². The standard InChI is InChI=1S/C15H18BrN3O3S/c1-9(2)11-6-10(16)4-5-12(11)22-7-13(20)17-15-19-18-14(23-15)8-21-3/h4-6,9H,7-8H2,1-3H3,(H,17,19,20). The summed E-state index contributed by atoms with van der Waals surface area (Å²) in [5, 5.41) is 11.6. The topological polar surface area (TPSA) is 73.3 Å². The minimum atomic E-state index is -0.275. The lowest BCUT2D eigenvalue weighted by Crippen LogP contribution is -2.20. The van der Waals surface area contributed by atoms with Crippen molar-refractivity contribution in [3.8, 4) is 5.75 Å². The van der Waals surface area contributed by atoms with Crippen molar-refractivity contribution >= 4 is 38.3 Å². The van der Waals surface area contributed by atoms with E-state index in [4.69, 9.17) is 9.47 Å². The molecule has 1 amide bonds. The molecular weight excluding hydrogens is 382 g/mol. The van der Waals surface area contributed by atoms with Gasteiger partial charge in [0.25, 0.3) is 5.91 Å². The second-order valence-corrected chi connectivity index (χ2v) is 7.09. The molecule has 0 bridgehead atoms. The largest absolute Gasteiger partial charge is 0.483 e. The molecule has 0 aliphatic carbocycles. The third kappa shape index (κ3) is 5.26. The van der Waals surface area contributed by atoms with E-state index in [1.165, 1.54) is 11.3 Å². The van der Waals surface area contributed by atoms with Gasteiger partial charge in [-0.05, 0) is 29.7 Å². The molecule has 0 fully saturated rings. The molecular formula is C15H18BrN3O3S. The third-order valence-corrected chi connectivity index (χ3v) is 4.24. The Morgan fingerprint density at radius 3 is 2.87 bits per heavy atom. The Balaban J connectivity index is 1.93. The van der Waals surface area contributed by atoms with Gasteiger partial charge in [-0.15, -0.1) is 10.2 Å². The van der Waals surface area contributed by atoms with Crippen molar-refractivity contribution < 1.29 is 14.3 Å². The second-order valence-electron chi connectivity index (χ2n) is 5.11. The van der Waals surface area contributed by atoms with E-state index in [9.17, 15) is 4.79 Å². The minimum Gasteiger partial charge on any atom is -0.483 e. The summed E-state index contributed by atoms with van der Waals surface area (Å²) in [5.41, 5.74) is 1.05. The molecule has 0 saturated carbocycles. The Kier molecular flexibility index (Phi) is 6.49. The number of halogens is 1. The maximum Gasteiger partial charge on any atom is 0.264 e. The van der Waals surface area contributed by atoms with Crippen LogP contribution in [0.3, 0.4) is 0 Å². The van der Waals surface area contributed by atoms with Gasteiger partial charge >= 0.3 is 0 Å². The van der Waals surface area contributed by atoms with Gasteiger partial charge in [0.2, 0.25) is 5.13 Å². The zero-order chi connectivity index (χ0) is 16.8. The van der Waals surface area contributed by atoms with E-state index >= 15 is 0 Å². The smallest absolute Gasteiger partial charge is 0.264 e. The molecule has 0 aliphatic heterocycles. The molecule has 0 aliphatic rings. The maximum absolute atomic E-state index is 12.0. The first-order valence-corrected chi connectivity index (χ1v) is 8.64. The first-order chi connectivity index (χ1) is 11.0. The summed E-state index contributed by atoms with van der Waals surface area (Å²) in [4.78, 5) is 12.0. The highest BCUT2D eigenvalue weighted by molar-refractivity contribution is 9.10. The van der Waals surface area contributed by atoms with Crippen molar-refractivity contribution in [2.45, 2.75) is 26.4 Å². The molecule has 2 aromatic rings. The number of anilines is 1. The average Bonchev–Trinajstić information content (AvgIpc) is 2.93. The summed E-state index contributed by atoms with van der Waals surface area (Å²) in [5.74, 6) is 0.726. The summed E-state index contributed by atoms with van der Waals surface area (Å²) >= 11 is 4.72. The number of nitrogens with one attached hydrogen (secondary N) is 1. The number of hydrogen-bond acceptors (Lipinski definition) is 6. The van der Waals surface area contributed by atoms with E-state index < -0.39 is 0 Å². The summed E-state index contributed by atoms with van der Waals surface area (Å²) in [6, 6.07) is 5.74. The molecule has 6 nitrogen and oxygen atoms in total. The third-order valence-electron chi connectivity index (χ3n) is 2.93. The van der Waals surface area contributed by atoms with Crippen molar-refractivity contribution in [2.75, 3.05) is 19.0 Å². The van der Waals surface area contributed by atoms with Crippen LogP contribution in [-0.4, -0.2) is 29.8 Å². The molecule has 8 heteroatoms. The predicted octanol–water partition coefficient (Wildman–Crippen LogP) is 3.59. The molecule has 23 heavy (non-hydrogen) atoms. The Bertz CT molecular complexity index is 676. The van der Waals surface area contributed by atoms with Crippen LogP contribution in [0.2, 0.25) is 0 Å². The summed E-state index contributed by atoms with van der Waals surface area (Å²) in [6.45, 7) is 4.45. The fraction of sp³-hybridized carbons (Fsp3) is 0.400. The van der Waals surface area contributed by atoms with Crippen LogP contribution < -0.4 is 10.1 Å². The minimum absolute atomic E-state index is 0.0828. The maximum atomic E-state index is 12.0. The van der Waals surface area contributed by atoms with E-state index in [0.717, 1.165) is 10.0 Å². The van der Waals surface area contributed by atoms with Gasteiger partial charge in [0.15, 0.2) is 6.61 Å². The first-order valence-electron chi connectivity index (χ1n) is 7.03. The highest BCUT2D eigenvalue weighted by atomic mass is 79.9. The van der Waals surface area contributed by atoms with Gasteiger partial charge in [-0.3, -0.25) is 10.1 Å². The number of amides is 1. The zero-order valence-electron chi connectivity index (χ0n) is 13.1. The van der Waals surface area contributed by atoms with Gasteiger partial charge in [-0.1, -0.05) is 41.1 Å². The lowest BCUT2D eigenvalue weighted by molar-refractivity contribution is -0.118. The van der Waals surface area contributed by atoms with Crippen LogP contribution in [0.1, 0.15) is 30.3 Å². The Labute approximate surface area is 147 Å². The van der Waals surface area contributed by atoms with E-state index in [-0.39, 0.29) is 12.5 Å². The summed E-state index contributed by atoms with van der Waals surface area (Å²) < 4.78 is 11.6. The lowest BCUT2D eigenvalue weighted by Gasteiger charge is -2.14. The molecule has 1 heterocycles. The van der Waals surface area contributed by atoms with Gasteiger partial charge in [-0.25, -0.2) is 0 Å². The van der Waals surface area contributed by atoms with Gasteiger partial charge in [0, 0.05) is 11.6 Å². The first kappa shape index (κ1) is 17.8. The fourth-order valence-corrected chi connectivity index (χ4v) is 2.99. The predicted molar refractivity (Wildman–Crippen MR) is 93.0 cm³/mol. The van der Waals surface area contributed by atoms with Crippen LogP contribution in [0.5, 0.6) is 5.75 Å². The molecule has 2 rings (SSSR count). The van der Waals surface area contributed by atoms with Crippen LogP contribution in [0.15, 0.2) is 22.7 Å². The Morgan fingerprint density at radius 1 is 1.39 bits per heavy atom. The Hall–Kier alpha value is -1.51. The molecule has 0 saturated heterocycles. The van der Waals surface area contributed by atoms with Gasteiger partial charge in [0.1, 0.15) is 17.4 Å². The van der Waals surface area contributed by atoms with E-state index in [2.05, 4.69) is 45.3 Å². The molecule has 0 radical (unpaired) electrons. The quantitative estimate of drug-likeness (QED) is 0.769. The van der Waals surface area contributed by atoms with Gasteiger partial charge in [0.05, 0.1) is 0 Å². The van der Waals surface area contributed by atoms with Crippen LogP contribution in [0, 0.1) is 0 Å². The molecule has 124 valence electrons. The molecule has 0 atom stereocenters. The Morgan fingerprint density at radius 2 is 2.17 bits per heavy atom. The number of carbonyl (C=O) groups excluding carboxylic acids is 1. The van der Waals surface area contributed by atoms with Crippen molar-refractivity contribution in [2.24, 2.45) is 0 Å². The number of aromatic nitrogens is 2. The molecule has 0 spiro atoms. The van der Waals surface area contributed by atoms with E-state index in [1.807, 2.05) is 18.2 Å². The monoisotopic (exact) mass is 399 g/mol. The zero-order valence-corrected chi connectivity index (χ0v) is 15.5. The fourth-order valence-electron chi connectivity index (χ4n) is 1.89. The number of benzene rings is 1. The number of rotatable bonds is 7. The average molecular weight is 400 g/mol. The molecule has 1 aromatic heterocycles. The highest BCUT2D eigenvalue weighted by Gasteiger charge is 2.12. The highest BCUT2D eigenvalue weighted by Crippen LogP contribution is 2.29. The summed E-state index contributed by atoms with van der Waals surface area (Å²) in [6.07, 6.45) is 0. The molecule has 1 N–H and O–H groups in total. The molecule has 0 unspecified atom stereocenters. The van der Waals surface area contributed by atoms with Crippen LogP contribution in [-0.2, 0) is 16.1 Å². The van der Waals surface area contributed by atoms with Crippen LogP contribution in [0.4, 0.5) is 5.13 Å². The van der Waals surface area contributed by atoms with Gasteiger partial charge in [-0.2, -0.15) is 0 Å². The number of ether oxygens (including phenoxy) is 2. The van der Waals surface area contributed by atoms with Crippen LogP contribution in [0.25, 0.3) is 0 Å². The van der Waals surface area contributed by atoms with E-state index in [1.54, 1.807) is 7.11 Å². The van der Waals surface area contributed by atoms with Crippen LogP contribution >= 0.6 is 27.3 Å². The normalized spacial score (nSPS) is 10.8.